The van der Waals surface area contributed by atoms with Crippen LogP contribution >= 0.6 is 0 Å². The molecule has 148 valence electrons. The molecule has 3 amide bonds. The zero-order valence-corrected chi connectivity index (χ0v) is 16.0. The van der Waals surface area contributed by atoms with Gasteiger partial charge in [-0.1, -0.05) is 12.5 Å². The molecule has 7 nitrogen and oxygen atoms in total. The van der Waals surface area contributed by atoms with Crippen LogP contribution in [0, 0.1) is 0 Å². The van der Waals surface area contributed by atoms with E-state index in [4.69, 9.17) is 0 Å². The molecule has 4 N–H and O–H groups in total. The topological polar surface area (TPSA) is 98.9 Å². The van der Waals surface area contributed by atoms with Crippen molar-refractivity contribution < 1.29 is 9.59 Å². The first-order chi connectivity index (χ1) is 14.1. The van der Waals surface area contributed by atoms with Crippen molar-refractivity contribution in [3.63, 3.8) is 0 Å². The maximum absolute atomic E-state index is 12.7. The lowest BCUT2D eigenvalue weighted by atomic mass is 9.85. The Balaban J connectivity index is 1.28. The number of carbonyl (C=O) groups is 2. The quantitative estimate of drug-likeness (QED) is 0.521. The highest BCUT2D eigenvalue weighted by molar-refractivity contribution is 6.06. The number of urea groups is 1. The summed E-state index contributed by atoms with van der Waals surface area (Å²) in [5.74, 6) is 1.35. The summed E-state index contributed by atoms with van der Waals surface area (Å²) >= 11 is 0. The van der Waals surface area contributed by atoms with Gasteiger partial charge in [-0.25, -0.2) is 9.78 Å². The molecule has 1 heterocycles. The second-order valence-electron chi connectivity index (χ2n) is 7.89. The Morgan fingerprint density at radius 1 is 0.966 bits per heavy atom. The molecule has 0 spiro atoms. The average Bonchev–Trinajstić information content (AvgIpc) is 3.37. The van der Waals surface area contributed by atoms with Crippen molar-refractivity contribution >= 4 is 34.3 Å². The maximum Gasteiger partial charge on any atom is 0.319 e. The van der Waals surface area contributed by atoms with E-state index in [2.05, 4.69) is 25.9 Å². The minimum atomic E-state index is -0.239. The maximum atomic E-state index is 12.7. The highest BCUT2D eigenvalue weighted by atomic mass is 16.2. The molecule has 0 saturated heterocycles. The number of benzene rings is 2. The number of anilines is 2. The molecule has 29 heavy (non-hydrogen) atoms. The monoisotopic (exact) mass is 389 g/mol. The van der Waals surface area contributed by atoms with Gasteiger partial charge in [0, 0.05) is 28.9 Å². The van der Waals surface area contributed by atoms with E-state index in [0.717, 1.165) is 29.7 Å². The van der Waals surface area contributed by atoms with Gasteiger partial charge in [0.2, 0.25) is 0 Å². The van der Waals surface area contributed by atoms with Crippen LogP contribution in [0.5, 0.6) is 0 Å². The SMILES string of the molecule is O=C(Nc1cccc(C(=O)Nc2ccc3nc(C4CCC4)[nH]c3c2)c1)NC1CC1. The molecule has 0 bridgehead atoms. The van der Waals surface area contributed by atoms with E-state index in [1.807, 2.05) is 18.2 Å². The number of hydrogen-bond donors (Lipinski definition) is 4. The third-order valence-corrected chi connectivity index (χ3v) is 5.55. The molecule has 0 unspecified atom stereocenters. The van der Waals surface area contributed by atoms with Gasteiger partial charge in [0.1, 0.15) is 5.82 Å². The highest BCUT2D eigenvalue weighted by Gasteiger charge is 2.24. The summed E-state index contributed by atoms with van der Waals surface area (Å²) in [6, 6.07) is 12.6. The van der Waals surface area contributed by atoms with Crippen molar-refractivity contribution in [3.05, 3.63) is 53.9 Å². The van der Waals surface area contributed by atoms with Crippen molar-refractivity contribution in [2.45, 2.75) is 44.1 Å². The van der Waals surface area contributed by atoms with Crippen LogP contribution in [-0.4, -0.2) is 27.9 Å². The average molecular weight is 389 g/mol. The van der Waals surface area contributed by atoms with E-state index in [0.29, 0.717) is 22.9 Å². The van der Waals surface area contributed by atoms with Crippen molar-refractivity contribution in [2.75, 3.05) is 10.6 Å². The van der Waals surface area contributed by atoms with E-state index in [9.17, 15) is 9.59 Å². The molecule has 3 aromatic rings. The summed E-state index contributed by atoms with van der Waals surface area (Å²) in [6.45, 7) is 0. The lowest BCUT2D eigenvalue weighted by Crippen LogP contribution is -2.30. The number of H-pyrrole nitrogens is 1. The van der Waals surface area contributed by atoms with Crippen LogP contribution in [0.25, 0.3) is 11.0 Å². The van der Waals surface area contributed by atoms with Crippen molar-refractivity contribution in [1.29, 1.82) is 0 Å². The number of carbonyl (C=O) groups excluding carboxylic acids is 2. The first-order valence-corrected chi connectivity index (χ1v) is 10.1. The molecule has 2 aliphatic carbocycles. The van der Waals surface area contributed by atoms with Gasteiger partial charge in [-0.05, 0) is 62.1 Å². The van der Waals surface area contributed by atoms with Crippen molar-refractivity contribution in [1.82, 2.24) is 15.3 Å². The van der Waals surface area contributed by atoms with E-state index >= 15 is 0 Å². The fraction of sp³-hybridized carbons (Fsp3) is 0.318. The molecule has 2 aliphatic rings. The molecule has 7 heteroatoms. The lowest BCUT2D eigenvalue weighted by Gasteiger charge is -2.22. The van der Waals surface area contributed by atoms with Crippen molar-refractivity contribution in [3.8, 4) is 0 Å². The van der Waals surface area contributed by atoms with E-state index in [-0.39, 0.29) is 18.0 Å². The number of hydrogen-bond acceptors (Lipinski definition) is 3. The number of nitrogens with zero attached hydrogens (tertiary/aromatic N) is 1. The minimum absolute atomic E-state index is 0.227. The molecule has 0 atom stereocenters. The van der Waals surface area contributed by atoms with Crippen LogP contribution in [0.1, 0.15) is 54.2 Å². The van der Waals surface area contributed by atoms with Gasteiger partial charge in [-0.15, -0.1) is 0 Å². The summed E-state index contributed by atoms with van der Waals surface area (Å²) in [5, 5.41) is 8.57. The van der Waals surface area contributed by atoms with E-state index in [1.54, 1.807) is 24.3 Å². The van der Waals surface area contributed by atoms with Crippen LogP contribution in [0.15, 0.2) is 42.5 Å². The number of aromatic nitrogens is 2. The summed E-state index contributed by atoms with van der Waals surface area (Å²) < 4.78 is 0. The molecule has 5 rings (SSSR count). The molecule has 0 aliphatic heterocycles. The summed E-state index contributed by atoms with van der Waals surface area (Å²) in [5.41, 5.74) is 3.62. The van der Waals surface area contributed by atoms with Gasteiger partial charge in [-0.3, -0.25) is 4.79 Å². The van der Waals surface area contributed by atoms with Gasteiger partial charge >= 0.3 is 6.03 Å². The van der Waals surface area contributed by atoms with Gasteiger partial charge in [-0.2, -0.15) is 0 Å². The third kappa shape index (κ3) is 3.94. The van der Waals surface area contributed by atoms with Crippen LogP contribution < -0.4 is 16.0 Å². The predicted molar refractivity (Wildman–Crippen MR) is 112 cm³/mol. The van der Waals surface area contributed by atoms with Gasteiger partial charge in [0.25, 0.3) is 5.91 Å². The number of rotatable bonds is 5. The van der Waals surface area contributed by atoms with Gasteiger partial charge in [0.05, 0.1) is 11.0 Å². The minimum Gasteiger partial charge on any atom is -0.342 e. The number of nitrogens with one attached hydrogen (secondary N) is 4. The Bertz CT molecular complexity index is 1080. The lowest BCUT2D eigenvalue weighted by molar-refractivity contribution is 0.102. The van der Waals surface area contributed by atoms with E-state index < -0.39 is 0 Å². The smallest absolute Gasteiger partial charge is 0.319 e. The largest absolute Gasteiger partial charge is 0.342 e. The molecule has 1 aromatic heterocycles. The summed E-state index contributed by atoms with van der Waals surface area (Å²) in [6.07, 6.45) is 5.69. The van der Waals surface area contributed by atoms with Gasteiger partial charge in [0.15, 0.2) is 0 Å². The molecular weight excluding hydrogens is 366 g/mol. The van der Waals surface area contributed by atoms with Crippen LogP contribution in [0.4, 0.5) is 16.2 Å². The zero-order chi connectivity index (χ0) is 19.8. The summed E-state index contributed by atoms with van der Waals surface area (Å²) in [4.78, 5) is 32.6. The first kappa shape index (κ1) is 17.7. The molecule has 2 aromatic carbocycles. The number of imidazole rings is 1. The fourth-order valence-electron chi connectivity index (χ4n) is 3.50. The van der Waals surface area contributed by atoms with Crippen LogP contribution in [0.2, 0.25) is 0 Å². The number of aromatic amines is 1. The van der Waals surface area contributed by atoms with Crippen LogP contribution in [-0.2, 0) is 0 Å². The normalized spacial score (nSPS) is 16.3. The molecular formula is C22H23N5O2. The number of fused-ring (bicyclic) bond motifs is 1. The molecule has 0 radical (unpaired) electrons. The molecule has 2 saturated carbocycles. The Kier molecular flexibility index (Phi) is 4.42. The van der Waals surface area contributed by atoms with Crippen LogP contribution in [0.3, 0.4) is 0 Å². The fourth-order valence-corrected chi connectivity index (χ4v) is 3.50. The standard InChI is InChI=1S/C22H23N5O2/c28-21(14-5-2-6-16(11-14)25-22(29)24-15-7-8-15)23-17-9-10-18-19(12-17)27-20(26-18)13-3-1-4-13/h2,5-6,9-13,15H,1,3-4,7-8H2,(H,23,28)(H,26,27)(H2,24,25,29). The Morgan fingerprint density at radius 3 is 2.55 bits per heavy atom. The summed E-state index contributed by atoms with van der Waals surface area (Å²) in [7, 11) is 0. The van der Waals surface area contributed by atoms with Crippen molar-refractivity contribution in [2.24, 2.45) is 0 Å². The Hall–Kier alpha value is -3.35. The predicted octanol–water partition coefficient (Wildman–Crippen LogP) is 4.37. The molecule has 2 fully saturated rings. The second-order valence-corrected chi connectivity index (χ2v) is 7.89. The Morgan fingerprint density at radius 2 is 1.79 bits per heavy atom. The highest BCUT2D eigenvalue weighted by Crippen LogP contribution is 2.35. The van der Waals surface area contributed by atoms with E-state index in [1.165, 1.54) is 19.3 Å². The Labute approximate surface area is 168 Å². The van der Waals surface area contributed by atoms with Gasteiger partial charge < -0.3 is 20.9 Å². The third-order valence-electron chi connectivity index (χ3n) is 5.55. The number of amides is 3. The zero-order valence-electron chi connectivity index (χ0n) is 16.0. The second kappa shape index (κ2) is 7.24. The first-order valence-electron chi connectivity index (χ1n) is 10.1.